The van der Waals surface area contributed by atoms with Crippen LogP contribution >= 0.6 is 11.8 Å². The summed E-state index contributed by atoms with van der Waals surface area (Å²) in [4.78, 5) is 0. The van der Waals surface area contributed by atoms with Crippen LogP contribution in [0.3, 0.4) is 0 Å². The predicted molar refractivity (Wildman–Crippen MR) is 99.2 cm³/mol. The maximum absolute atomic E-state index is 3.74. The Labute approximate surface area is 138 Å². The minimum absolute atomic E-state index is 0.496. The molecule has 0 aromatic heterocycles. The first-order chi connectivity index (χ1) is 9.79. The van der Waals surface area contributed by atoms with Gasteiger partial charge in [0.25, 0.3) is 0 Å². The fourth-order valence-corrected chi connectivity index (χ4v) is 4.36. The molecule has 1 nitrogen and oxygen atoms in total. The summed E-state index contributed by atoms with van der Waals surface area (Å²) in [6, 6.07) is 0.618. The normalized spacial score (nSPS) is 27.3. The van der Waals surface area contributed by atoms with E-state index in [4.69, 9.17) is 0 Å². The number of rotatable bonds is 8. The van der Waals surface area contributed by atoms with Gasteiger partial charge in [0.1, 0.15) is 0 Å². The van der Waals surface area contributed by atoms with Gasteiger partial charge >= 0.3 is 0 Å². The summed E-state index contributed by atoms with van der Waals surface area (Å²) in [5.74, 6) is 3.54. The Bertz CT molecular complexity index is 272. The van der Waals surface area contributed by atoms with Gasteiger partial charge in [-0.05, 0) is 66.8 Å². The quantitative estimate of drug-likeness (QED) is 0.573. The van der Waals surface area contributed by atoms with Crippen molar-refractivity contribution >= 4 is 11.8 Å². The van der Waals surface area contributed by atoms with Gasteiger partial charge in [-0.15, -0.1) is 0 Å². The molecule has 0 saturated heterocycles. The Morgan fingerprint density at radius 2 is 1.81 bits per heavy atom. The highest BCUT2D eigenvalue weighted by molar-refractivity contribution is 7.99. The highest BCUT2D eigenvalue weighted by atomic mass is 32.2. The van der Waals surface area contributed by atoms with Crippen molar-refractivity contribution in [2.75, 3.05) is 18.1 Å². The van der Waals surface area contributed by atoms with E-state index >= 15 is 0 Å². The van der Waals surface area contributed by atoms with Gasteiger partial charge in [-0.2, -0.15) is 11.8 Å². The van der Waals surface area contributed by atoms with E-state index in [0.717, 1.165) is 5.92 Å². The Morgan fingerprint density at radius 3 is 2.29 bits per heavy atom. The molecule has 126 valence electrons. The second-order valence-corrected chi connectivity index (χ2v) is 9.87. The van der Waals surface area contributed by atoms with Crippen LogP contribution in [-0.2, 0) is 0 Å². The number of nitrogens with one attached hydrogen (secondary N) is 1. The molecule has 0 aromatic rings. The largest absolute Gasteiger partial charge is 0.314 e. The zero-order chi connectivity index (χ0) is 15.9. The molecule has 1 aliphatic rings. The van der Waals surface area contributed by atoms with Gasteiger partial charge < -0.3 is 5.32 Å². The second-order valence-electron chi connectivity index (χ2n) is 8.48. The summed E-state index contributed by atoms with van der Waals surface area (Å²) in [5, 5.41) is 3.74. The third-order valence-electron chi connectivity index (χ3n) is 5.36. The highest BCUT2D eigenvalue weighted by Gasteiger charge is 2.38. The Morgan fingerprint density at radius 1 is 1.19 bits per heavy atom. The van der Waals surface area contributed by atoms with Crippen molar-refractivity contribution in [3.8, 4) is 0 Å². The topological polar surface area (TPSA) is 12.0 Å². The summed E-state index contributed by atoms with van der Waals surface area (Å²) in [6.45, 7) is 15.3. The van der Waals surface area contributed by atoms with Crippen LogP contribution in [0.5, 0.6) is 0 Å². The van der Waals surface area contributed by atoms with Gasteiger partial charge in [0.2, 0.25) is 0 Å². The van der Waals surface area contributed by atoms with E-state index in [1.807, 2.05) is 0 Å². The molecule has 0 unspecified atom stereocenters. The molecule has 21 heavy (non-hydrogen) atoms. The molecule has 0 radical (unpaired) electrons. The van der Waals surface area contributed by atoms with Crippen molar-refractivity contribution in [2.45, 2.75) is 86.1 Å². The van der Waals surface area contributed by atoms with Crippen molar-refractivity contribution < 1.29 is 0 Å². The van der Waals surface area contributed by atoms with E-state index in [1.165, 1.54) is 56.6 Å². The SMILES string of the molecule is CCSCCCC1(CNC(C)C)CCC(C(C)(C)C)CC1. The molecule has 0 aromatic carbocycles. The summed E-state index contributed by atoms with van der Waals surface area (Å²) >= 11 is 2.10. The Hall–Kier alpha value is 0.310. The maximum Gasteiger partial charge on any atom is 0.00106 e. The maximum atomic E-state index is 3.74. The van der Waals surface area contributed by atoms with E-state index in [2.05, 4.69) is 58.6 Å². The van der Waals surface area contributed by atoms with E-state index < -0.39 is 0 Å². The van der Waals surface area contributed by atoms with E-state index in [1.54, 1.807) is 0 Å². The minimum atomic E-state index is 0.496. The standard InChI is InChI=1S/C19H39NS/c1-7-21-14-8-11-19(15-20-16(2)3)12-9-17(10-13-19)18(4,5)6/h16-17,20H,7-15H2,1-6H3. The lowest BCUT2D eigenvalue weighted by Gasteiger charge is -2.45. The summed E-state index contributed by atoms with van der Waals surface area (Å²) in [6.07, 6.45) is 8.57. The monoisotopic (exact) mass is 313 g/mol. The molecule has 0 aliphatic heterocycles. The highest BCUT2D eigenvalue weighted by Crippen LogP contribution is 2.47. The van der Waals surface area contributed by atoms with Crippen LogP contribution in [0.15, 0.2) is 0 Å². The summed E-state index contributed by atoms with van der Waals surface area (Å²) in [7, 11) is 0. The van der Waals surface area contributed by atoms with Crippen LogP contribution in [0.25, 0.3) is 0 Å². The Kier molecular flexibility index (Phi) is 8.13. The van der Waals surface area contributed by atoms with E-state index in [9.17, 15) is 0 Å². The molecule has 0 bridgehead atoms. The lowest BCUT2D eigenvalue weighted by atomic mass is 9.62. The average Bonchev–Trinajstić information content (AvgIpc) is 2.41. The van der Waals surface area contributed by atoms with Crippen molar-refractivity contribution in [1.82, 2.24) is 5.32 Å². The third kappa shape index (κ3) is 6.95. The van der Waals surface area contributed by atoms with Crippen LogP contribution in [0, 0.1) is 16.7 Å². The predicted octanol–water partition coefficient (Wildman–Crippen LogP) is 5.74. The van der Waals surface area contributed by atoms with Gasteiger partial charge in [-0.25, -0.2) is 0 Å². The van der Waals surface area contributed by atoms with Crippen molar-refractivity contribution in [2.24, 2.45) is 16.7 Å². The van der Waals surface area contributed by atoms with Crippen LogP contribution in [0.1, 0.15) is 80.1 Å². The molecule has 1 rings (SSSR count). The summed E-state index contributed by atoms with van der Waals surface area (Å²) in [5.41, 5.74) is 1.08. The zero-order valence-corrected chi connectivity index (χ0v) is 16.2. The molecular weight excluding hydrogens is 274 g/mol. The molecule has 1 fully saturated rings. The fraction of sp³-hybridized carbons (Fsp3) is 1.00. The zero-order valence-electron chi connectivity index (χ0n) is 15.4. The van der Waals surface area contributed by atoms with Gasteiger partial charge in [0, 0.05) is 12.6 Å². The first kappa shape index (κ1) is 19.4. The van der Waals surface area contributed by atoms with E-state index in [0.29, 0.717) is 16.9 Å². The Balaban J connectivity index is 2.54. The van der Waals surface area contributed by atoms with Crippen LogP contribution < -0.4 is 5.32 Å². The number of hydrogen-bond donors (Lipinski definition) is 1. The molecule has 1 saturated carbocycles. The molecular formula is C19H39NS. The van der Waals surface area contributed by atoms with Crippen LogP contribution in [0.4, 0.5) is 0 Å². The van der Waals surface area contributed by atoms with Crippen molar-refractivity contribution in [1.29, 1.82) is 0 Å². The third-order valence-corrected chi connectivity index (χ3v) is 6.34. The van der Waals surface area contributed by atoms with Gasteiger partial charge in [-0.3, -0.25) is 0 Å². The lowest BCUT2D eigenvalue weighted by molar-refractivity contribution is 0.0778. The molecule has 0 spiro atoms. The van der Waals surface area contributed by atoms with Crippen molar-refractivity contribution in [3.05, 3.63) is 0 Å². The molecule has 0 amide bonds. The molecule has 1 aliphatic carbocycles. The first-order valence-electron chi connectivity index (χ1n) is 9.10. The smallest absolute Gasteiger partial charge is 0.00106 e. The number of hydrogen-bond acceptors (Lipinski definition) is 2. The fourth-order valence-electron chi connectivity index (χ4n) is 3.73. The van der Waals surface area contributed by atoms with Gasteiger partial charge in [0.05, 0.1) is 0 Å². The molecule has 0 atom stereocenters. The first-order valence-corrected chi connectivity index (χ1v) is 10.3. The average molecular weight is 314 g/mol. The van der Waals surface area contributed by atoms with E-state index in [-0.39, 0.29) is 0 Å². The minimum Gasteiger partial charge on any atom is -0.314 e. The molecule has 2 heteroatoms. The lowest BCUT2D eigenvalue weighted by Crippen LogP contribution is -2.41. The molecule has 1 N–H and O–H groups in total. The van der Waals surface area contributed by atoms with Gasteiger partial charge in [0.15, 0.2) is 0 Å². The van der Waals surface area contributed by atoms with Crippen molar-refractivity contribution in [3.63, 3.8) is 0 Å². The molecule has 0 heterocycles. The number of thioether (sulfide) groups is 1. The van der Waals surface area contributed by atoms with Crippen LogP contribution in [0.2, 0.25) is 0 Å². The summed E-state index contributed by atoms with van der Waals surface area (Å²) < 4.78 is 0. The van der Waals surface area contributed by atoms with Gasteiger partial charge in [-0.1, -0.05) is 41.5 Å². The van der Waals surface area contributed by atoms with Crippen LogP contribution in [-0.4, -0.2) is 24.1 Å². The second kappa shape index (κ2) is 8.82.